The van der Waals surface area contributed by atoms with Crippen molar-refractivity contribution in [1.82, 2.24) is 9.80 Å². The lowest BCUT2D eigenvalue weighted by Crippen LogP contribution is -2.59. The zero-order chi connectivity index (χ0) is 28.4. The van der Waals surface area contributed by atoms with E-state index in [-0.39, 0.29) is 31.1 Å². The Morgan fingerprint density at radius 2 is 1.97 bits per heavy atom. The lowest BCUT2D eigenvalue weighted by molar-refractivity contribution is -0.155. The zero-order valence-corrected chi connectivity index (χ0v) is 24.2. The van der Waals surface area contributed by atoms with Gasteiger partial charge < -0.3 is 19.6 Å². The Morgan fingerprint density at radius 3 is 2.59 bits per heavy atom. The normalized spacial score (nSPS) is 30.5. The van der Waals surface area contributed by atoms with Crippen LogP contribution in [0.5, 0.6) is 0 Å². The number of thioether (sulfide) groups is 1. The molecule has 212 valence electrons. The van der Waals surface area contributed by atoms with Gasteiger partial charge in [0, 0.05) is 17.3 Å². The molecule has 2 amide bonds. The van der Waals surface area contributed by atoms with E-state index < -0.39 is 39.4 Å². The number of rotatable bonds is 13. The van der Waals surface area contributed by atoms with E-state index in [0.29, 0.717) is 25.8 Å². The monoisotopic (exact) mass is 554 g/mol. The third-order valence-corrected chi connectivity index (χ3v) is 10.8. The van der Waals surface area contributed by atoms with Gasteiger partial charge in [-0.1, -0.05) is 62.4 Å². The van der Waals surface area contributed by atoms with Gasteiger partial charge in [0.2, 0.25) is 11.8 Å². The number of hydrogen-bond acceptors (Lipinski definition) is 6. The maximum absolute atomic E-state index is 14.6. The zero-order valence-electron chi connectivity index (χ0n) is 23.4. The molecule has 3 saturated heterocycles. The largest absolute Gasteiger partial charge is 0.461 e. The Labute approximate surface area is 236 Å². The number of aliphatic hydroxyl groups is 1. The second kappa shape index (κ2) is 11.9. The molecular formula is C31H42N2O5S. The number of hydrogen-bond donors (Lipinski definition) is 1. The van der Waals surface area contributed by atoms with Crippen LogP contribution >= 0.6 is 11.8 Å². The highest BCUT2D eigenvalue weighted by Gasteiger charge is 2.78. The van der Waals surface area contributed by atoms with E-state index in [1.807, 2.05) is 49.1 Å². The average Bonchev–Trinajstić information content (AvgIpc) is 3.50. The van der Waals surface area contributed by atoms with Crippen LogP contribution < -0.4 is 0 Å². The number of likely N-dealkylation sites (tertiary alicyclic amines) is 1. The minimum atomic E-state index is -0.792. The number of carbonyl (C=O) groups is 3. The smallest absolute Gasteiger partial charge is 0.311 e. The van der Waals surface area contributed by atoms with E-state index in [9.17, 15) is 19.5 Å². The van der Waals surface area contributed by atoms with Crippen LogP contribution in [0.15, 0.2) is 55.6 Å². The number of benzene rings is 1. The van der Waals surface area contributed by atoms with Gasteiger partial charge in [0.05, 0.1) is 29.2 Å². The number of esters is 1. The molecule has 0 saturated carbocycles. The van der Waals surface area contributed by atoms with Gasteiger partial charge in [-0.25, -0.2) is 0 Å². The average molecular weight is 555 g/mol. The molecule has 1 aromatic carbocycles. The van der Waals surface area contributed by atoms with Gasteiger partial charge in [-0.05, 0) is 45.1 Å². The van der Waals surface area contributed by atoms with Crippen LogP contribution in [0.3, 0.4) is 0 Å². The summed E-state index contributed by atoms with van der Waals surface area (Å²) in [7, 11) is 0. The summed E-state index contributed by atoms with van der Waals surface area (Å²) in [5.41, 5.74) is 0.971. The van der Waals surface area contributed by atoms with Crippen molar-refractivity contribution >= 4 is 29.5 Å². The molecule has 2 bridgehead atoms. The molecule has 7 nitrogen and oxygen atoms in total. The summed E-state index contributed by atoms with van der Waals surface area (Å²) in [5, 5.41) is 10.6. The van der Waals surface area contributed by atoms with E-state index in [1.54, 1.807) is 22.7 Å². The molecule has 0 aliphatic carbocycles. The summed E-state index contributed by atoms with van der Waals surface area (Å²) in [5.74, 6) is -2.13. The van der Waals surface area contributed by atoms with Crippen LogP contribution in [-0.4, -0.2) is 80.1 Å². The molecule has 1 spiro atoms. The second-order valence-electron chi connectivity index (χ2n) is 11.3. The van der Waals surface area contributed by atoms with E-state index >= 15 is 0 Å². The van der Waals surface area contributed by atoms with Crippen LogP contribution in [0.4, 0.5) is 0 Å². The van der Waals surface area contributed by atoms with E-state index in [4.69, 9.17) is 4.74 Å². The summed E-state index contributed by atoms with van der Waals surface area (Å²) in [6.45, 7) is 13.8. The molecule has 3 aliphatic heterocycles. The maximum atomic E-state index is 14.6. The fourth-order valence-electron chi connectivity index (χ4n) is 7.12. The molecule has 3 aliphatic rings. The van der Waals surface area contributed by atoms with Gasteiger partial charge in [-0.3, -0.25) is 14.4 Å². The number of amides is 2. The first-order chi connectivity index (χ1) is 18.7. The fourth-order valence-corrected chi connectivity index (χ4v) is 9.44. The molecule has 1 N–H and O–H groups in total. The van der Waals surface area contributed by atoms with Crippen LogP contribution in [0.1, 0.15) is 52.0 Å². The lowest BCUT2D eigenvalue weighted by Gasteiger charge is -2.41. The SMILES string of the molecule is C=CCOC(=O)[C@H]1[C@H]2C(=O)N([C@@H](CO)Cc3ccccc3)C(C(=O)N(CC=C)C(C)CCC)C23CC[C@]1(C)S3. The Balaban J connectivity index is 1.81. The Bertz CT molecular complexity index is 1100. The van der Waals surface area contributed by atoms with Crippen molar-refractivity contribution in [2.24, 2.45) is 11.8 Å². The van der Waals surface area contributed by atoms with Crippen molar-refractivity contribution < 1.29 is 24.2 Å². The molecule has 7 atom stereocenters. The predicted molar refractivity (Wildman–Crippen MR) is 154 cm³/mol. The minimum absolute atomic E-state index is 0.0397. The molecule has 1 aromatic rings. The number of nitrogens with zero attached hydrogens (tertiary/aromatic N) is 2. The van der Waals surface area contributed by atoms with Gasteiger partial charge in [-0.2, -0.15) is 0 Å². The van der Waals surface area contributed by atoms with Crippen molar-refractivity contribution in [2.45, 2.75) is 80.5 Å². The molecular weight excluding hydrogens is 512 g/mol. The van der Waals surface area contributed by atoms with Crippen LogP contribution in [0.25, 0.3) is 0 Å². The first-order valence-corrected chi connectivity index (χ1v) is 14.9. The summed E-state index contributed by atoms with van der Waals surface area (Å²) < 4.78 is 4.24. The highest BCUT2D eigenvalue weighted by atomic mass is 32.2. The van der Waals surface area contributed by atoms with Gasteiger partial charge in [0.25, 0.3) is 0 Å². The van der Waals surface area contributed by atoms with Gasteiger partial charge in [0.15, 0.2) is 0 Å². The number of aliphatic hydroxyl groups excluding tert-OH is 1. The highest BCUT2D eigenvalue weighted by molar-refractivity contribution is 8.02. The Kier molecular flexibility index (Phi) is 8.96. The maximum Gasteiger partial charge on any atom is 0.311 e. The van der Waals surface area contributed by atoms with E-state index in [1.165, 1.54) is 6.08 Å². The second-order valence-corrected chi connectivity index (χ2v) is 13.2. The van der Waals surface area contributed by atoms with Gasteiger partial charge in [-0.15, -0.1) is 18.3 Å². The van der Waals surface area contributed by atoms with Crippen LogP contribution in [0, 0.1) is 11.8 Å². The molecule has 4 rings (SSSR count). The van der Waals surface area contributed by atoms with Crippen LogP contribution in [-0.2, 0) is 25.5 Å². The highest BCUT2D eigenvalue weighted by Crippen LogP contribution is 2.71. The van der Waals surface area contributed by atoms with Crippen LogP contribution in [0.2, 0.25) is 0 Å². The van der Waals surface area contributed by atoms with Crippen molar-refractivity contribution in [3.05, 3.63) is 61.2 Å². The summed E-state index contributed by atoms with van der Waals surface area (Å²) in [4.78, 5) is 46.0. The summed E-state index contributed by atoms with van der Waals surface area (Å²) >= 11 is 1.62. The Morgan fingerprint density at radius 1 is 1.26 bits per heavy atom. The van der Waals surface area contributed by atoms with E-state index in [0.717, 1.165) is 18.4 Å². The summed E-state index contributed by atoms with van der Waals surface area (Å²) in [6.07, 6.45) is 6.76. The van der Waals surface area contributed by atoms with Crippen molar-refractivity contribution in [2.75, 3.05) is 19.8 Å². The molecule has 3 heterocycles. The molecule has 8 heteroatoms. The molecule has 0 radical (unpaired) electrons. The third kappa shape index (κ3) is 5.06. The van der Waals surface area contributed by atoms with Crippen molar-refractivity contribution in [3.8, 4) is 0 Å². The van der Waals surface area contributed by atoms with Crippen molar-refractivity contribution in [1.29, 1.82) is 0 Å². The van der Waals surface area contributed by atoms with Gasteiger partial charge in [0.1, 0.15) is 12.6 Å². The lowest BCUT2D eigenvalue weighted by atomic mass is 9.66. The predicted octanol–water partition coefficient (Wildman–Crippen LogP) is 4.00. The third-order valence-electron chi connectivity index (χ3n) is 8.81. The molecule has 3 unspecified atom stereocenters. The fraction of sp³-hybridized carbons (Fsp3) is 0.581. The number of carbonyl (C=O) groups excluding carboxylic acids is 3. The summed E-state index contributed by atoms with van der Waals surface area (Å²) in [6, 6.07) is 8.26. The van der Waals surface area contributed by atoms with Gasteiger partial charge >= 0.3 is 5.97 Å². The molecule has 0 aromatic heterocycles. The quantitative estimate of drug-likeness (QED) is 0.293. The van der Waals surface area contributed by atoms with Crippen molar-refractivity contribution in [3.63, 3.8) is 0 Å². The Hall–Kier alpha value is -2.58. The standard InChI is InChI=1S/C31H42N2O5S/c1-6-12-21(4)32(17-7-2)28(36)26-31-16-15-30(5,39-31)25(29(37)38-18-8-3)24(31)27(35)33(26)23(20-34)19-22-13-10-9-11-14-22/h7-11,13-14,21,23-26,34H,2-3,6,12,15-20H2,1,4-5H3/t21?,23-,24+,25-,26?,30+,31?/m1/s1. The first-order valence-electron chi connectivity index (χ1n) is 14.0. The topological polar surface area (TPSA) is 87.1 Å². The first kappa shape index (κ1) is 29.4. The van der Waals surface area contributed by atoms with E-state index in [2.05, 4.69) is 20.1 Å². The number of ether oxygens (including phenoxy) is 1. The molecule has 3 fully saturated rings. The minimum Gasteiger partial charge on any atom is -0.461 e. The molecule has 39 heavy (non-hydrogen) atoms. The number of fused-ring (bicyclic) bond motifs is 1.